The Bertz CT molecular complexity index is 972. The summed E-state index contributed by atoms with van der Waals surface area (Å²) in [6.45, 7) is 5.67. The molecule has 2 atom stereocenters. The van der Waals surface area contributed by atoms with Gasteiger partial charge in [0.1, 0.15) is 19.3 Å². The zero-order valence-electron chi connectivity index (χ0n) is 40.7. The van der Waals surface area contributed by atoms with Crippen molar-refractivity contribution in [3.63, 3.8) is 0 Å². The van der Waals surface area contributed by atoms with Crippen LogP contribution in [0.2, 0.25) is 0 Å². The van der Waals surface area contributed by atoms with Crippen molar-refractivity contribution < 1.29 is 37.3 Å². The lowest BCUT2D eigenvalue weighted by Crippen LogP contribution is -2.37. The molecule has 0 bridgehead atoms. The summed E-state index contributed by atoms with van der Waals surface area (Å²) in [5, 5.41) is 0. The number of carbonyl (C=O) groups excluding carboxylic acids is 1. The first-order valence-electron chi connectivity index (χ1n) is 25.9. The number of likely N-dealkylation sites (N-methyl/N-ethyl adjacent to an activating group) is 1. The summed E-state index contributed by atoms with van der Waals surface area (Å²) >= 11 is 0. The summed E-state index contributed by atoms with van der Waals surface area (Å²) in [4.78, 5) is 23.0. The molecular formula is C51H103NO7P+. The summed E-state index contributed by atoms with van der Waals surface area (Å²) in [6.07, 6.45) is 51.1. The molecule has 0 aliphatic carbocycles. The van der Waals surface area contributed by atoms with Crippen LogP contribution in [-0.4, -0.2) is 75.6 Å². The Labute approximate surface area is 373 Å². The number of hydrogen-bond acceptors (Lipinski definition) is 6. The first-order valence-corrected chi connectivity index (χ1v) is 27.4. The van der Waals surface area contributed by atoms with Gasteiger partial charge in [0.05, 0.1) is 34.4 Å². The number of rotatable bonds is 49. The molecule has 8 nitrogen and oxygen atoms in total. The number of esters is 1. The number of quaternary nitrogens is 1. The Morgan fingerprint density at radius 1 is 0.500 bits per heavy atom. The highest BCUT2D eigenvalue weighted by Crippen LogP contribution is 2.43. The molecule has 60 heavy (non-hydrogen) atoms. The summed E-state index contributed by atoms with van der Waals surface area (Å²) < 4.78 is 35.2. The number of carbonyl (C=O) groups is 1. The fourth-order valence-electron chi connectivity index (χ4n) is 7.55. The molecule has 0 saturated carbocycles. The van der Waals surface area contributed by atoms with Gasteiger partial charge in [-0.05, 0) is 38.5 Å². The number of hydrogen-bond donors (Lipinski definition) is 1. The smallest absolute Gasteiger partial charge is 0.457 e. The lowest BCUT2D eigenvalue weighted by Gasteiger charge is -2.24. The van der Waals surface area contributed by atoms with E-state index in [4.69, 9.17) is 18.5 Å². The van der Waals surface area contributed by atoms with Gasteiger partial charge in [-0.2, -0.15) is 0 Å². The minimum atomic E-state index is -4.28. The summed E-state index contributed by atoms with van der Waals surface area (Å²) in [5.41, 5.74) is 0. The van der Waals surface area contributed by atoms with Gasteiger partial charge in [0.25, 0.3) is 0 Å². The Morgan fingerprint density at radius 2 is 0.867 bits per heavy atom. The standard InChI is InChI=1S/C51H102NO7P/c1-6-8-10-12-14-16-18-20-22-24-25-26-27-28-30-32-34-36-38-40-42-44-51(53)59-50(49-58-60(54,55)57-47-45-52(3,4)5)48-56-46-43-41-39-37-35-33-31-29-23-21-19-17-15-13-11-9-7-2/h23,29,50H,6-22,24-28,30-49H2,1-5H3/p+1/b29-23-. The topological polar surface area (TPSA) is 91.3 Å². The average molecular weight is 873 g/mol. The molecule has 0 aliphatic heterocycles. The third-order valence-corrected chi connectivity index (χ3v) is 12.6. The van der Waals surface area contributed by atoms with Gasteiger partial charge in [0.2, 0.25) is 0 Å². The van der Waals surface area contributed by atoms with E-state index in [1.165, 1.54) is 199 Å². The molecule has 0 aromatic rings. The molecule has 1 N–H and O–H groups in total. The maximum atomic E-state index is 12.8. The minimum Gasteiger partial charge on any atom is -0.457 e. The molecule has 0 saturated heterocycles. The molecule has 0 aliphatic rings. The molecule has 0 radical (unpaired) electrons. The Hall–Kier alpha value is -0.760. The van der Waals surface area contributed by atoms with E-state index in [9.17, 15) is 14.3 Å². The number of nitrogens with zero attached hydrogens (tertiary/aromatic N) is 1. The van der Waals surface area contributed by atoms with Crippen molar-refractivity contribution in [2.24, 2.45) is 0 Å². The Balaban J connectivity index is 4.10. The fourth-order valence-corrected chi connectivity index (χ4v) is 8.29. The van der Waals surface area contributed by atoms with Crippen LogP contribution in [0.4, 0.5) is 0 Å². The van der Waals surface area contributed by atoms with E-state index in [1.807, 2.05) is 21.1 Å². The van der Waals surface area contributed by atoms with Crippen LogP contribution in [0, 0.1) is 0 Å². The number of allylic oxidation sites excluding steroid dienone is 2. The third-order valence-electron chi connectivity index (χ3n) is 11.6. The lowest BCUT2D eigenvalue weighted by atomic mass is 10.0. The van der Waals surface area contributed by atoms with Crippen molar-refractivity contribution in [1.29, 1.82) is 0 Å². The average Bonchev–Trinajstić information content (AvgIpc) is 3.20. The molecule has 0 fully saturated rings. The second kappa shape index (κ2) is 44.8. The maximum Gasteiger partial charge on any atom is 0.472 e. The Kier molecular flexibility index (Phi) is 44.3. The van der Waals surface area contributed by atoms with Crippen LogP contribution in [0.1, 0.15) is 251 Å². The molecule has 0 aromatic heterocycles. The van der Waals surface area contributed by atoms with E-state index in [1.54, 1.807) is 0 Å². The van der Waals surface area contributed by atoms with Crippen LogP contribution in [0.5, 0.6) is 0 Å². The maximum absolute atomic E-state index is 12.8. The zero-order chi connectivity index (χ0) is 44.1. The van der Waals surface area contributed by atoms with Crippen LogP contribution >= 0.6 is 7.82 Å². The summed E-state index contributed by atoms with van der Waals surface area (Å²) in [7, 11) is 1.68. The fraction of sp³-hybridized carbons (Fsp3) is 0.941. The molecule has 9 heteroatoms. The van der Waals surface area contributed by atoms with Gasteiger partial charge in [-0.25, -0.2) is 4.57 Å². The molecule has 2 unspecified atom stereocenters. The number of phosphoric ester groups is 1. The second-order valence-corrected chi connectivity index (χ2v) is 20.4. The zero-order valence-corrected chi connectivity index (χ0v) is 41.6. The molecule has 0 rings (SSSR count). The Morgan fingerprint density at radius 3 is 1.27 bits per heavy atom. The molecule has 0 heterocycles. The number of ether oxygens (including phenoxy) is 2. The quantitative estimate of drug-likeness (QED) is 0.0214. The highest BCUT2D eigenvalue weighted by molar-refractivity contribution is 7.47. The van der Waals surface area contributed by atoms with Gasteiger partial charge in [-0.15, -0.1) is 0 Å². The molecule has 0 amide bonds. The van der Waals surface area contributed by atoms with Crippen molar-refractivity contribution in [1.82, 2.24) is 0 Å². The van der Waals surface area contributed by atoms with Crippen LogP contribution in [-0.2, 0) is 27.9 Å². The van der Waals surface area contributed by atoms with Crippen LogP contribution in [0.15, 0.2) is 12.2 Å². The van der Waals surface area contributed by atoms with Gasteiger partial charge in [0.15, 0.2) is 0 Å². The van der Waals surface area contributed by atoms with E-state index >= 15 is 0 Å². The highest BCUT2D eigenvalue weighted by atomic mass is 31.2. The number of phosphoric acid groups is 1. The van der Waals surface area contributed by atoms with Gasteiger partial charge >= 0.3 is 13.8 Å². The first kappa shape index (κ1) is 59.2. The van der Waals surface area contributed by atoms with E-state index in [-0.39, 0.29) is 25.8 Å². The normalized spacial score (nSPS) is 13.6. The molecular weight excluding hydrogens is 770 g/mol. The van der Waals surface area contributed by atoms with Crippen LogP contribution in [0.25, 0.3) is 0 Å². The van der Waals surface area contributed by atoms with Crippen molar-refractivity contribution in [3.05, 3.63) is 12.2 Å². The van der Waals surface area contributed by atoms with E-state index in [0.717, 1.165) is 32.1 Å². The van der Waals surface area contributed by atoms with Crippen molar-refractivity contribution in [2.75, 3.05) is 54.1 Å². The predicted molar refractivity (Wildman–Crippen MR) is 257 cm³/mol. The van der Waals surface area contributed by atoms with E-state index < -0.39 is 13.9 Å². The lowest BCUT2D eigenvalue weighted by molar-refractivity contribution is -0.870. The molecule has 0 aromatic carbocycles. The monoisotopic (exact) mass is 873 g/mol. The predicted octanol–water partition coefficient (Wildman–Crippen LogP) is 15.8. The minimum absolute atomic E-state index is 0.0910. The van der Waals surface area contributed by atoms with E-state index in [0.29, 0.717) is 24.1 Å². The van der Waals surface area contributed by atoms with Gasteiger partial charge in [-0.3, -0.25) is 13.8 Å². The second-order valence-electron chi connectivity index (χ2n) is 18.9. The summed E-state index contributed by atoms with van der Waals surface area (Å²) in [5.74, 6) is -0.309. The van der Waals surface area contributed by atoms with Crippen LogP contribution < -0.4 is 0 Å². The number of unbranched alkanes of at least 4 members (excludes halogenated alkanes) is 33. The third kappa shape index (κ3) is 48.3. The van der Waals surface area contributed by atoms with Crippen molar-refractivity contribution in [3.8, 4) is 0 Å². The molecule has 0 spiro atoms. The van der Waals surface area contributed by atoms with Gasteiger partial charge in [-0.1, -0.05) is 219 Å². The van der Waals surface area contributed by atoms with Crippen molar-refractivity contribution >= 4 is 13.8 Å². The highest BCUT2D eigenvalue weighted by Gasteiger charge is 2.26. The largest absolute Gasteiger partial charge is 0.472 e. The first-order chi connectivity index (χ1) is 29.1. The van der Waals surface area contributed by atoms with Gasteiger partial charge in [0, 0.05) is 13.0 Å². The summed E-state index contributed by atoms with van der Waals surface area (Å²) in [6, 6.07) is 0. The molecule has 358 valence electrons. The van der Waals surface area contributed by atoms with Crippen molar-refractivity contribution in [2.45, 2.75) is 258 Å². The van der Waals surface area contributed by atoms with Crippen LogP contribution in [0.3, 0.4) is 0 Å². The van der Waals surface area contributed by atoms with Gasteiger partial charge < -0.3 is 18.9 Å². The van der Waals surface area contributed by atoms with E-state index in [2.05, 4.69) is 26.0 Å². The SMILES string of the molecule is CCCCCCCCC/C=C\CCCCCCCCOCC(COP(=O)(O)OCC[N+](C)(C)C)OC(=O)CCCCCCCCCCCCCCCCCCCCCCC.